The van der Waals surface area contributed by atoms with Crippen LogP contribution in [-0.2, 0) is 12.6 Å². The summed E-state index contributed by atoms with van der Waals surface area (Å²) >= 11 is 0. The van der Waals surface area contributed by atoms with E-state index < -0.39 is 24.3 Å². The minimum atomic E-state index is -4.46. The number of hydrogen-bond donors (Lipinski definition) is 0. The Bertz CT molecular complexity index is 1250. The first kappa shape index (κ1) is 22.4. The fourth-order valence-electron chi connectivity index (χ4n) is 3.21. The lowest BCUT2D eigenvalue weighted by Gasteiger charge is -2.10. The van der Waals surface area contributed by atoms with Crippen molar-refractivity contribution in [2.45, 2.75) is 18.8 Å². The van der Waals surface area contributed by atoms with Crippen molar-refractivity contribution in [2.24, 2.45) is 0 Å². The number of benzene rings is 2. The third-order valence-corrected chi connectivity index (χ3v) is 4.72. The summed E-state index contributed by atoms with van der Waals surface area (Å²) in [4.78, 5) is 16.4. The molecule has 4 rings (SSSR count). The van der Waals surface area contributed by atoms with E-state index in [0.29, 0.717) is 22.3 Å². The average Bonchev–Trinajstić information content (AvgIpc) is 2.78. The Labute approximate surface area is 184 Å². The Balaban J connectivity index is 1.64. The minimum absolute atomic E-state index is 0.110. The SMILES string of the molecule is FC(F)(F)Cc1cccc(-c2cnc(-c3n[c]ncc3-c3ccc(C(F)(F)F)cc3)nc2)c1. The van der Waals surface area contributed by atoms with Crippen molar-refractivity contribution in [3.8, 4) is 33.8 Å². The number of aromatic nitrogens is 4. The standard InChI is InChI=1S/C23H13F6N4/c24-22(25,26)9-14-2-1-3-16(8-14)17-10-31-21(32-11-17)20-19(12-30-13-33-20)15-4-6-18(7-5-15)23(27,28)29/h1-8,10-12H,9H2. The van der Waals surface area contributed by atoms with E-state index in [-0.39, 0.29) is 17.1 Å². The quantitative estimate of drug-likeness (QED) is 0.342. The van der Waals surface area contributed by atoms with Gasteiger partial charge >= 0.3 is 12.4 Å². The van der Waals surface area contributed by atoms with Crippen LogP contribution in [0.15, 0.2) is 67.1 Å². The number of alkyl halides is 6. The molecule has 2 heterocycles. The second-order valence-corrected chi connectivity index (χ2v) is 7.10. The van der Waals surface area contributed by atoms with Crippen LogP contribution in [0.1, 0.15) is 11.1 Å². The van der Waals surface area contributed by atoms with Crippen LogP contribution >= 0.6 is 0 Å². The molecule has 0 fully saturated rings. The second kappa shape index (κ2) is 8.61. The highest BCUT2D eigenvalue weighted by atomic mass is 19.4. The van der Waals surface area contributed by atoms with Gasteiger partial charge in [0.05, 0.1) is 12.0 Å². The Kier molecular flexibility index (Phi) is 5.84. The van der Waals surface area contributed by atoms with Gasteiger partial charge in [-0.3, -0.25) is 0 Å². The maximum Gasteiger partial charge on any atom is 0.416 e. The molecule has 0 atom stereocenters. The summed E-state index contributed by atoms with van der Waals surface area (Å²) in [6, 6.07) is 10.5. The summed E-state index contributed by atoms with van der Waals surface area (Å²) in [7, 11) is 0. The van der Waals surface area contributed by atoms with Crippen molar-refractivity contribution >= 4 is 0 Å². The van der Waals surface area contributed by atoms with Gasteiger partial charge in [-0.25, -0.2) is 19.9 Å². The summed E-state index contributed by atoms with van der Waals surface area (Å²) in [6.07, 6.45) is -3.15. The summed E-state index contributed by atoms with van der Waals surface area (Å²) in [5.74, 6) is 0.166. The van der Waals surface area contributed by atoms with E-state index in [9.17, 15) is 26.3 Å². The number of hydrogen-bond acceptors (Lipinski definition) is 4. The molecule has 0 aliphatic heterocycles. The smallest absolute Gasteiger partial charge is 0.235 e. The molecule has 33 heavy (non-hydrogen) atoms. The molecule has 0 saturated heterocycles. The van der Waals surface area contributed by atoms with Crippen LogP contribution in [0.25, 0.3) is 33.8 Å². The van der Waals surface area contributed by atoms with Crippen molar-refractivity contribution in [1.29, 1.82) is 0 Å². The van der Waals surface area contributed by atoms with E-state index >= 15 is 0 Å². The molecule has 0 amide bonds. The largest absolute Gasteiger partial charge is 0.416 e. The first-order valence-corrected chi connectivity index (χ1v) is 9.49. The van der Waals surface area contributed by atoms with Gasteiger partial charge in [0.15, 0.2) is 12.2 Å². The zero-order valence-corrected chi connectivity index (χ0v) is 16.6. The first-order valence-electron chi connectivity index (χ1n) is 9.49. The highest BCUT2D eigenvalue weighted by molar-refractivity contribution is 5.77. The predicted molar refractivity (Wildman–Crippen MR) is 108 cm³/mol. The van der Waals surface area contributed by atoms with E-state index in [1.54, 1.807) is 6.07 Å². The molecule has 10 heteroatoms. The normalized spacial score (nSPS) is 12.1. The van der Waals surface area contributed by atoms with E-state index in [2.05, 4.69) is 26.3 Å². The Hall–Kier alpha value is -3.82. The van der Waals surface area contributed by atoms with Crippen LogP contribution in [0.5, 0.6) is 0 Å². The molecule has 4 aromatic rings. The van der Waals surface area contributed by atoms with Crippen molar-refractivity contribution in [2.75, 3.05) is 0 Å². The maximum absolute atomic E-state index is 12.8. The topological polar surface area (TPSA) is 51.6 Å². The van der Waals surface area contributed by atoms with Crippen LogP contribution < -0.4 is 0 Å². The van der Waals surface area contributed by atoms with Gasteiger partial charge in [-0.05, 0) is 28.8 Å². The summed E-state index contributed by atoms with van der Waals surface area (Å²) in [6.45, 7) is 0. The molecule has 2 aromatic carbocycles. The molecule has 0 aliphatic rings. The zero-order valence-electron chi connectivity index (χ0n) is 16.6. The van der Waals surface area contributed by atoms with Gasteiger partial charge in [0, 0.05) is 29.7 Å². The Morgan fingerprint density at radius 1 is 0.758 bits per heavy atom. The predicted octanol–water partition coefficient (Wildman–Crippen LogP) is 6.19. The van der Waals surface area contributed by atoms with Gasteiger partial charge in [0.1, 0.15) is 5.69 Å². The van der Waals surface area contributed by atoms with Gasteiger partial charge in [-0.2, -0.15) is 26.3 Å². The molecule has 1 radical (unpaired) electrons. The number of nitrogens with zero attached hydrogens (tertiary/aromatic N) is 4. The van der Waals surface area contributed by atoms with E-state index in [1.807, 2.05) is 0 Å². The molecule has 0 spiro atoms. The third kappa shape index (κ3) is 5.33. The third-order valence-electron chi connectivity index (χ3n) is 4.72. The lowest BCUT2D eigenvalue weighted by Crippen LogP contribution is -2.11. The molecule has 0 N–H and O–H groups in total. The number of rotatable bonds is 4. The van der Waals surface area contributed by atoms with Crippen molar-refractivity contribution < 1.29 is 26.3 Å². The molecule has 4 nitrogen and oxygen atoms in total. The van der Waals surface area contributed by atoms with Gasteiger partial charge in [-0.1, -0.05) is 36.4 Å². The average molecular weight is 459 g/mol. The van der Waals surface area contributed by atoms with Crippen LogP contribution in [0.4, 0.5) is 26.3 Å². The van der Waals surface area contributed by atoms with Crippen LogP contribution in [0.3, 0.4) is 0 Å². The lowest BCUT2D eigenvalue weighted by atomic mass is 10.0. The van der Waals surface area contributed by atoms with Crippen molar-refractivity contribution in [3.05, 3.63) is 84.6 Å². The van der Waals surface area contributed by atoms with Gasteiger partial charge in [0.2, 0.25) is 0 Å². The maximum atomic E-state index is 12.8. The first-order chi connectivity index (χ1) is 15.6. The second-order valence-electron chi connectivity index (χ2n) is 7.10. The van der Waals surface area contributed by atoms with Crippen LogP contribution in [-0.4, -0.2) is 26.1 Å². The van der Waals surface area contributed by atoms with Gasteiger partial charge < -0.3 is 0 Å². The minimum Gasteiger partial charge on any atom is -0.235 e. The van der Waals surface area contributed by atoms with Crippen LogP contribution in [0, 0.1) is 6.33 Å². The Morgan fingerprint density at radius 3 is 2.09 bits per heavy atom. The Morgan fingerprint density at radius 2 is 1.45 bits per heavy atom. The van der Waals surface area contributed by atoms with E-state index in [1.165, 1.54) is 48.9 Å². The van der Waals surface area contributed by atoms with Crippen LogP contribution in [0.2, 0.25) is 0 Å². The molecule has 0 bridgehead atoms. The number of halogens is 6. The van der Waals surface area contributed by atoms with Gasteiger partial charge in [0.25, 0.3) is 0 Å². The fraction of sp³-hybridized carbons (Fsp3) is 0.130. The van der Waals surface area contributed by atoms with Crippen molar-refractivity contribution in [1.82, 2.24) is 19.9 Å². The summed E-state index contributed by atoms with van der Waals surface area (Å²) in [5.41, 5.74) is 1.42. The van der Waals surface area contributed by atoms with E-state index in [4.69, 9.17) is 0 Å². The fourth-order valence-corrected chi connectivity index (χ4v) is 3.21. The lowest BCUT2D eigenvalue weighted by molar-refractivity contribution is -0.137. The summed E-state index contributed by atoms with van der Waals surface area (Å²) in [5, 5.41) is 0. The van der Waals surface area contributed by atoms with Crippen molar-refractivity contribution in [3.63, 3.8) is 0 Å². The highest BCUT2D eigenvalue weighted by Crippen LogP contribution is 2.33. The summed E-state index contributed by atoms with van der Waals surface area (Å²) < 4.78 is 76.6. The highest BCUT2D eigenvalue weighted by Gasteiger charge is 2.30. The molecular weight excluding hydrogens is 446 g/mol. The van der Waals surface area contributed by atoms with Gasteiger partial charge in [-0.15, -0.1) is 0 Å². The molecule has 2 aromatic heterocycles. The molecular formula is C23H13F6N4. The van der Waals surface area contributed by atoms with E-state index in [0.717, 1.165) is 12.1 Å². The molecule has 0 aliphatic carbocycles. The molecule has 0 unspecified atom stereocenters. The monoisotopic (exact) mass is 459 g/mol. The molecule has 0 saturated carbocycles. The molecule has 167 valence electrons. The zero-order chi connectivity index (χ0) is 23.6.